The average molecular weight is 353 g/mol. The van der Waals surface area contributed by atoms with E-state index in [1.807, 2.05) is 0 Å². The first-order valence-electron chi connectivity index (χ1n) is 6.86. The molecule has 23 heavy (non-hydrogen) atoms. The molecule has 2 aromatic rings. The van der Waals surface area contributed by atoms with Gasteiger partial charge in [-0.3, -0.25) is 4.79 Å². The van der Waals surface area contributed by atoms with Crippen molar-refractivity contribution >= 4 is 33.2 Å². The molecule has 0 aliphatic heterocycles. The van der Waals surface area contributed by atoms with Crippen LogP contribution in [0.5, 0.6) is 0 Å². The van der Waals surface area contributed by atoms with Gasteiger partial charge >= 0.3 is 0 Å². The second-order valence-corrected chi connectivity index (χ2v) is 7.75. The predicted octanol–water partition coefficient (Wildman–Crippen LogP) is 2.77. The fourth-order valence-electron chi connectivity index (χ4n) is 1.91. The van der Waals surface area contributed by atoms with E-state index in [0.717, 1.165) is 9.87 Å². The highest BCUT2D eigenvalue weighted by Crippen LogP contribution is 2.16. The van der Waals surface area contributed by atoms with Gasteiger partial charge in [-0.25, -0.2) is 12.7 Å². The summed E-state index contributed by atoms with van der Waals surface area (Å²) in [7, 11) is -0.504. The largest absolute Gasteiger partial charge is 0.326 e. The highest BCUT2D eigenvalue weighted by molar-refractivity contribution is 7.89. The average Bonchev–Trinajstić information content (AvgIpc) is 2.50. The Hall–Kier alpha value is -1.89. The Bertz CT molecular complexity index is 785. The number of nitrogens with one attached hydrogen (secondary N) is 1. The molecule has 0 aliphatic rings. The number of benzene rings is 2. The first kappa shape index (κ1) is 17.5. The zero-order chi connectivity index (χ0) is 17.0. The van der Waals surface area contributed by atoms with Crippen LogP contribution < -0.4 is 5.32 Å². The zero-order valence-electron chi connectivity index (χ0n) is 12.8. The molecule has 0 bridgehead atoms. The fraction of sp³-hybridized carbons (Fsp3) is 0.188. The lowest BCUT2D eigenvalue weighted by atomic mass is 10.1. The molecule has 0 unspecified atom stereocenters. The lowest BCUT2D eigenvalue weighted by molar-refractivity contribution is -0.115. The summed E-state index contributed by atoms with van der Waals surface area (Å²) in [5.41, 5.74) is 1.39. The lowest BCUT2D eigenvalue weighted by Crippen LogP contribution is -2.22. The van der Waals surface area contributed by atoms with Crippen molar-refractivity contribution in [2.24, 2.45) is 0 Å². The van der Waals surface area contributed by atoms with E-state index in [1.54, 1.807) is 36.4 Å². The van der Waals surface area contributed by atoms with E-state index < -0.39 is 10.0 Å². The van der Waals surface area contributed by atoms with Crippen molar-refractivity contribution in [3.8, 4) is 0 Å². The first-order chi connectivity index (χ1) is 10.8. The summed E-state index contributed by atoms with van der Waals surface area (Å²) >= 11 is 5.79. The Balaban J connectivity index is 2.03. The number of hydrogen-bond donors (Lipinski definition) is 1. The van der Waals surface area contributed by atoms with E-state index in [-0.39, 0.29) is 17.2 Å². The van der Waals surface area contributed by atoms with E-state index in [4.69, 9.17) is 11.6 Å². The van der Waals surface area contributed by atoms with E-state index >= 15 is 0 Å². The smallest absolute Gasteiger partial charge is 0.242 e. The standard InChI is InChI=1S/C16H17ClN2O3S/c1-19(2)23(21,22)15-9-3-12(4-10-15)11-16(20)18-14-7-5-13(17)6-8-14/h3-10H,11H2,1-2H3,(H,18,20). The fourth-order valence-corrected chi connectivity index (χ4v) is 2.94. The second kappa shape index (κ2) is 7.12. The summed E-state index contributed by atoms with van der Waals surface area (Å²) in [6.07, 6.45) is 0.158. The zero-order valence-corrected chi connectivity index (χ0v) is 14.4. The topological polar surface area (TPSA) is 66.5 Å². The molecular formula is C16H17ClN2O3S. The maximum atomic E-state index is 12.0. The van der Waals surface area contributed by atoms with Crippen LogP contribution in [0.2, 0.25) is 5.02 Å². The van der Waals surface area contributed by atoms with Crippen LogP contribution >= 0.6 is 11.6 Å². The Morgan fingerprint density at radius 2 is 1.61 bits per heavy atom. The molecule has 1 N–H and O–H groups in total. The van der Waals surface area contributed by atoms with Gasteiger partial charge in [-0.15, -0.1) is 0 Å². The minimum atomic E-state index is -3.45. The van der Waals surface area contributed by atoms with Crippen LogP contribution in [0.15, 0.2) is 53.4 Å². The summed E-state index contributed by atoms with van der Waals surface area (Å²) in [6.45, 7) is 0. The number of hydrogen-bond acceptors (Lipinski definition) is 3. The quantitative estimate of drug-likeness (QED) is 0.899. The summed E-state index contributed by atoms with van der Waals surface area (Å²) in [6, 6.07) is 13.1. The minimum Gasteiger partial charge on any atom is -0.326 e. The van der Waals surface area contributed by atoms with Crippen LogP contribution in [0.1, 0.15) is 5.56 Å². The van der Waals surface area contributed by atoms with E-state index in [9.17, 15) is 13.2 Å². The molecule has 0 heterocycles. The van der Waals surface area contributed by atoms with E-state index in [1.165, 1.54) is 26.2 Å². The molecule has 122 valence electrons. The van der Waals surface area contributed by atoms with E-state index in [2.05, 4.69) is 5.32 Å². The maximum absolute atomic E-state index is 12.0. The highest BCUT2D eigenvalue weighted by atomic mass is 35.5. The molecule has 2 aromatic carbocycles. The van der Waals surface area contributed by atoms with Gasteiger partial charge in [0, 0.05) is 24.8 Å². The third-order valence-electron chi connectivity index (χ3n) is 3.19. The lowest BCUT2D eigenvalue weighted by Gasteiger charge is -2.11. The monoisotopic (exact) mass is 352 g/mol. The molecule has 0 fully saturated rings. The number of halogens is 1. The summed E-state index contributed by atoms with van der Waals surface area (Å²) in [5.74, 6) is -0.185. The third kappa shape index (κ3) is 4.54. The molecular weight excluding hydrogens is 336 g/mol. The van der Waals surface area contributed by atoms with Gasteiger partial charge in [0.05, 0.1) is 11.3 Å². The van der Waals surface area contributed by atoms with Crippen LogP contribution in [0.3, 0.4) is 0 Å². The molecule has 0 spiro atoms. The Kier molecular flexibility index (Phi) is 5.41. The number of anilines is 1. The molecule has 7 heteroatoms. The SMILES string of the molecule is CN(C)S(=O)(=O)c1ccc(CC(=O)Nc2ccc(Cl)cc2)cc1. The van der Waals surface area contributed by atoms with Crippen molar-refractivity contribution in [2.75, 3.05) is 19.4 Å². The molecule has 5 nitrogen and oxygen atoms in total. The Labute approximate surface area is 140 Å². The second-order valence-electron chi connectivity index (χ2n) is 5.16. The van der Waals surface area contributed by atoms with Crippen LogP contribution in [0, 0.1) is 0 Å². The first-order valence-corrected chi connectivity index (χ1v) is 8.68. The maximum Gasteiger partial charge on any atom is 0.242 e. The number of amides is 1. The summed E-state index contributed by atoms with van der Waals surface area (Å²) < 4.78 is 25.1. The molecule has 0 radical (unpaired) electrons. The number of carbonyl (C=O) groups excluding carboxylic acids is 1. The van der Waals surface area contributed by atoms with Gasteiger partial charge < -0.3 is 5.32 Å². The van der Waals surface area contributed by atoms with Crippen LogP contribution in [0.25, 0.3) is 0 Å². The third-order valence-corrected chi connectivity index (χ3v) is 5.28. The molecule has 2 rings (SSSR count). The van der Waals surface area contributed by atoms with Gasteiger partial charge in [-0.05, 0) is 42.0 Å². The van der Waals surface area contributed by atoms with Crippen molar-refractivity contribution in [1.82, 2.24) is 4.31 Å². The van der Waals surface area contributed by atoms with E-state index in [0.29, 0.717) is 10.7 Å². The van der Waals surface area contributed by atoms with Crippen LogP contribution in [0.4, 0.5) is 5.69 Å². The van der Waals surface area contributed by atoms with Gasteiger partial charge in [-0.2, -0.15) is 0 Å². The van der Waals surface area contributed by atoms with Crippen LogP contribution in [-0.4, -0.2) is 32.7 Å². The summed E-state index contributed by atoms with van der Waals surface area (Å²) in [4.78, 5) is 12.2. The molecule has 1 amide bonds. The Morgan fingerprint density at radius 3 is 2.13 bits per heavy atom. The van der Waals surface area contributed by atoms with Gasteiger partial charge in [0.2, 0.25) is 15.9 Å². The van der Waals surface area contributed by atoms with Gasteiger partial charge in [0.15, 0.2) is 0 Å². The molecule has 0 atom stereocenters. The molecule has 0 aromatic heterocycles. The van der Waals surface area contributed by atoms with Crippen LogP contribution in [-0.2, 0) is 21.2 Å². The van der Waals surface area contributed by atoms with Gasteiger partial charge in [0.25, 0.3) is 0 Å². The highest BCUT2D eigenvalue weighted by Gasteiger charge is 2.16. The van der Waals surface area contributed by atoms with Crippen molar-refractivity contribution < 1.29 is 13.2 Å². The molecule has 0 aliphatic carbocycles. The number of sulfonamides is 1. The van der Waals surface area contributed by atoms with Crippen molar-refractivity contribution in [2.45, 2.75) is 11.3 Å². The van der Waals surface area contributed by atoms with Crippen molar-refractivity contribution in [3.05, 3.63) is 59.1 Å². The predicted molar refractivity (Wildman–Crippen MR) is 91.1 cm³/mol. The Morgan fingerprint density at radius 1 is 1.04 bits per heavy atom. The molecule has 0 saturated heterocycles. The summed E-state index contributed by atoms with van der Waals surface area (Å²) in [5, 5.41) is 3.35. The number of rotatable bonds is 5. The normalized spacial score (nSPS) is 11.5. The number of carbonyl (C=O) groups is 1. The minimum absolute atomic E-state index is 0.158. The molecule has 0 saturated carbocycles. The van der Waals surface area contributed by atoms with Gasteiger partial charge in [0.1, 0.15) is 0 Å². The van der Waals surface area contributed by atoms with Gasteiger partial charge in [-0.1, -0.05) is 23.7 Å². The number of nitrogens with zero attached hydrogens (tertiary/aromatic N) is 1. The van der Waals surface area contributed by atoms with Crippen molar-refractivity contribution in [1.29, 1.82) is 0 Å². The van der Waals surface area contributed by atoms with Crippen molar-refractivity contribution in [3.63, 3.8) is 0 Å².